The highest BCUT2D eigenvalue weighted by Crippen LogP contribution is 2.21. The van der Waals surface area contributed by atoms with Crippen LogP contribution in [0.5, 0.6) is 0 Å². The van der Waals surface area contributed by atoms with Crippen LogP contribution in [0.15, 0.2) is 0 Å². The monoisotopic (exact) mass is 228 g/mol. The second-order valence-electron chi connectivity index (χ2n) is 6.46. The normalized spacial score (nSPS) is 31.7. The topological polar surface area (TPSA) is 26.7 Å². The van der Waals surface area contributed by atoms with Gasteiger partial charge in [0.1, 0.15) is 0 Å². The molecular formula is C13H28N2O. The van der Waals surface area contributed by atoms with Crippen molar-refractivity contribution in [2.75, 3.05) is 26.7 Å². The van der Waals surface area contributed by atoms with E-state index < -0.39 is 0 Å². The van der Waals surface area contributed by atoms with Gasteiger partial charge in [0.15, 0.2) is 0 Å². The highest BCUT2D eigenvalue weighted by Gasteiger charge is 2.30. The van der Waals surface area contributed by atoms with Gasteiger partial charge < -0.3 is 5.11 Å². The van der Waals surface area contributed by atoms with Crippen molar-refractivity contribution in [2.24, 2.45) is 5.41 Å². The molecule has 1 heterocycles. The Morgan fingerprint density at radius 1 is 1.19 bits per heavy atom. The van der Waals surface area contributed by atoms with Crippen molar-refractivity contribution < 1.29 is 5.11 Å². The minimum atomic E-state index is -0.240. The van der Waals surface area contributed by atoms with Crippen LogP contribution < -0.4 is 0 Å². The van der Waals surface area contributed by atoms with E-state index in [0.717, 1.165) is 19.6 Å². The summed E-state index contributed by atoms with van der Waals surface area (Å²) in [5.41, 5.74) is -0.0180. The number of hydrogen-bond acceptors (Lipinski definition) is 3. The minimum absolute atomic E-state index is 0.0180. The lowest BCUT2D eigenvalue weighted by atomic mass is 9.88. The van der Waals surface area contributed by atoms with Crippen LogP contribution in [0.25, 0.3) is 0 Å². The number of aliphatic hydroxyl groups excluding tert-OH is 1. The fraction of sp³-hybridized carbons (Fsp3) is 1.00. The number of rotatable bonds is 2. The molecule has 1 aliphatic heterocycles. The molecule has 0 aromatic heterocycles. The van der Waals surface area contributed by atoms with Crippen molar-refractivity contribution in [1.29, 1.82) is 0 Å². The maximum Gasteiger partial charge on any atom is 0.0715 e. The molecule has 3 nitrogen and oxygen atoms in total. The molecule has 3 unspecified atom stereocenters. The van der Waals surface area contributed by atoms with Crippen LogP contribution in [0.3, 0.4) is 0 Å². The highest BCUT2D eigenvalue weighted by molar-refractivity contribution is 4.85. The Kier molecular flexibility index (Phi) is 4.38. The lowest BCUT2D eigenvalue weighted by molar-refractivity contribution is -0.00791. The van der Waals surface area contributed by atoms with E-state index in [4.69, 9.17) is 0 Å². The van der Waals surface area contributed by atoms with Crippen LogP contribution in [-0.4, -0.2) is 59.8 Å². The third-order valence-electron chi connectivity index (χ3n) is 3.87. The van der Waals surface area contributed by atoms with Crippen LogP contribution in [0, 0.1) is 5.41 Å². The number of hydrogen-bond donors (Lipinski definition) is 1. The highest BCUT2D eigenvalue weighted by atomic mass is 16.3. The van der Waals surface area contributed by atoms with Crippen molar-refractivity contribution in [3.63, 3.8) is 0 Å². The fourth-order valence-electron chi connectivity index (χ4n) is 2.18. The van der Waals surface area contributed by atoms with E-state index in [1.807, 2.05) is 0 Å². The SMILES string of the molecule is CC1CN(CC(O)C(C)(C)C)CC(C)N1C. The molecular weight excluding hydrogens is 200 g/mol. The predicted octanol–water partition coefficient (Wildman–Crippen LogP) is 1.42. The largest absolute Gasteiger partial charge is 0.391 e. The molecule has 0 radical (unpaired) electrons. The summed E-state index contributed by atoms with van der Waals surface area (Å²) in [6, 6.07) is 1.16. The molecule has 1 saturated heterocycles. The molecule has 1 aliphatic rings. The number of piperazine rings is 1. The Morgan fingerprint density at radius 3 is 2.00 bits per heavy atom. The van der Waals surface area contributed by atoms with Crippen LogP contribution in [0.4, 0.5) is 0 Å². The summed E-state index contributed by atoms with van der Waals surface area (Å²) in [7, 11) is 2.19. The lowest BCUT2D eigenvalue weighted by Gasteiger charge is -2.44. The van der Waals surface area contributed by atoms with Crippen molar-refractivity contribution in [2.45, 2.75) is 52.8 Å². The van der Waals surface area contributed by atoms with E-state index in [2.05, 4.69) is 51.5 Å². The number of aliphatic hydroxyl groups is 1. The molecule has 1 fully saturated rings. The summed E-state index contributed by atoms with van der Waals surface area (Å²) >= 11 is 0. The van der Waals surface area contributed by atoms with E-state index in [1.165, 1.54) is 0 Å². The Balaban J connectivity index is 2.51. The first-order valence-corrected chi connectivity index (χ1v) is 6.34. The van der Waals surface area contributed by atoms with E-state index >= 15 is 0 Å². The maximum atomic E-state index is 10.1. The molecule has 0 aromatic carbocycles. The van der Waals surface area contributed by atoms with Gasteiger partial charge in [-0.15, -0.1) is 0 Å². The van der Waals surface area contributed by atoms with E-state index in [9.17, 15) is 5.11 Å². The van der Waals surface area contributed by atoms with Gasteiger partial charge in [0, 0.05) is 31.7 Å². The Bertz CT molecular complexity index is 212. The van der Waals surface area contributed by atoms with Crippen molar-refractivity contribution >= 4 is 0 Å². The van der Waals surface area contributed by atoms with Crippen LogP contribution in [0.1, 0.15) is 34.6 Å². The first kappa shape index (κ1) is 13.9. The first-order chi connectivity index (χ1) is 7.21. The van der Waals surface area contributed by atoms with E-state index in [0.29, 0.717) is 12.1 Å². The van der Waals surface area contributed by atoms with E-state index in [-0.39, 0.29) is 11.5 Å². The summed E-state index contributed by atoms with van der Waals surface area (Å²) in [6.07, 6.45) is -0.240. The zero-order valence-corrected chi connectivity index (χ0v) is 11.7. The molecule has 3 heteroatoms. The van der Waals surface area contributed by atoms with Crippen LogP contribution in [0.2, 0.25) is 0 Å². The molecule has 16 heavy (non-hydrogen) atoms. The Morgan fingerprint density at radius 2 is 1.62 bits per heavy atom. The first-order valence-electron chi connectivity index (χ1n) is 6.34. The van der Waals surface area contributed by atoms with Crippen molar-refractivity contribution in [1.82, 2.24) is 9.80 Å². The number of likely N-dealkylation sites (N-methyl/N-ethyl adjacent to an activating group) is 1. The second-order valence-corrected chi connectivity index (χ2v) is 6.46. The molecule has 0 amide bonds. The smallest absolute Gasteiger partial charge is 0.0715 e. The van der Waals surface area contributed by atoms with Gasteiger partial charge >= 0.3 is 0 Å². The second kappa shape index (κ2) is 5.03. The van der Waals surface area contributed by atoms with Gasteiger partial charge in [0.05, 0.1) is 6.10 Å². The predicted molar refractivity (Wildman–Crippen MR) is 68.6 cm³/mol. The quantitative estimate of drug-likeness (QED) is 0.774. The molecule has 3 atom stereocenters. The summed E-state index contributed by atoms with van der Waals surface area (Å²) in [5, 5.41) is 10.1. The summed E-state index contributed by atoms with van der Waals surface area (Å²) in [6.45, 7) is 13.7. The van der Waals surface area contributed by atoms with Gasteiger partial charge in [0.25, 0.3) is 0 Å². The molecule has 0 bridgehead atoms. The molecule has 0 aliphatic carbocycles. The molecule has 0 spiro atoms. The number of β-amino-alcohol motifs (C(OH)–C–C–N with tert-alkyl or cyclic N) is 1. The van der Waals surface area contributed by atoms with Crippen molar-refractivity contribution in [3.8, 4) is 0 Å². The zero-order valence-electron chi connectivity index (χ0n) is 11.7. The van der Waals surface area contributed by atoms with Gasteiger partial charge in [-0.3, -0.25) is 9.80 Å². The third kappa shape index (κ3) is 3.44. The summed E-state index contributed by atoms with van der Waals surface area (Å²) < 4.78 is 0. The van der Waals surface area contributed by atoms with Gasteiger partial charge in [-0.05, 0) is 26.3 Å². The van der Waals surface area contributed by atoms with Crippen LogP contribution in [-0.2, 0) is 0 Å². The molecule has 0 aromatic rings. The summed E-state index contributed by atoms with van der Waals surface area (Å²) in [5.74, 6) is 0. The van der Waals surface area contributed by atoms with Crippen molar-refractivity contribution in [3.05, 3.63) is 0 Å². The maximum absolute atomic E-state index is 10.1. The summed E-state index contributed by atoms with van der Waals surface area (Å²) in [4.78, 5) is 4.81. The van der Waals surface area contributed by atoms with Gasteiger partial charge in [0.2, 0.25) is 0 Å². The van der Waals surface area contributed by atoms with Gasteiger partial charge in [-0.25, -0.2) is 0 Å². The lowest BCUT2D eigenvalue weighted by Crippen LogP contribution is -2.56. The molecule has 96 valence electrons. The van der Waals surface area contributed by atoms with Gasteiger partial charge in [-0.2, -0.15) is 0 Å². The number of nitrogens with zero attached hydrogens (tertiary/aromatic N) is 2. The molecule has 1 N–H and O–H groups in total. The average Bonchev–Trinajstić information content (AvgIpc) is 2.12. The average molecular weight is 228 g/mol. The minimum Gasteiger partial charge on any atom is -0.391 e. The molecule has 0 saturated carbocycles. The zero-order chi connectivity index (χ0) is 12.5. The third-order valence-corrected chi connectivity index (χ3v) is 3.87. The Hall–Kier alpha value is -0.120. The molecule has 1 rings (SSSR count). The van der Waals surface area contributed by atoms with E-state index in [1.54, 1.807) is 0 Å². The van der Waals surface area contributed by atoms with Crippen LogP contribution >= 0.6 is 0 Å². The van der Waals surface area contributed by atoms with Gasteiger partial charge in [-0.1, -0.05) is 20.8 Å². The fourth-order valence-corrected chi connectivity index (χ4v) is 2.18. The Labute approximate surface area is 100 Å². The standard InChI is InChI=1S/C13H28N2O/c1-10-7-15(8-11(2)14(10)6)9-12(16)13(3,4)5/h10-12,16H,7-9H2,1-6H3.